The van der Waals surface area contributed by atoms with Gasteiger partial charge >= 0.3 is 0 Å². The van der Waals surface area contributed by atoms with Crippen LogP contribution in [0.1, 0.15) is 50.0 Å². The lowest BCUT2D eigenvalue weighted by Crippen LogP contribution is -2.30. The SMILES string of the molecule is CC(=O)N1CCCC1c1nc2ccccc2n1CCCCOc1ccc(Cl)c(C)c1. The first-order chi connectivity index (χ1) is 14.5. The molecule has 2 heterocycles. The molecular weight excluding hydrogens is 398 g/mol. The zero-order valence-corrected chi connectivity index (χ0v) is 18.4. The van der Waals surface area contributed by atoms with E-state index in [1.54, 1.807) is 6.92 Å². The van der Waals surface area contributed by atoms with E-state index in [1.165, 1.54) is 0 Å². The van der Waals surface area contributed by atoms with Gasteiger partial charge in [0.2, 0.25) is 5.91 Å². The van der Waals surface area contributed by atoms with Crippen LogP contribution >= 0.6 is 11.6 Å². The summed E-state index contributed by atoms with van der Waals surface area (Å²) in [5, 5.41) is 0.758. The van der Waals surface area contributed by atoms with Gasteiger partial charge in [-0.2, -0.15) is 0 Å². The number of benzene rings is 2. The maximum atomic E-state index is 12.1. The van der Waals surface area contributed by atoms with Crippen molar-refractivity contribution in [2.24, 2.45) is 0 Å². The van der Waals surface area contributed by atoms with Crippen LogP contribution in [-0.2, 0) is 11.3 Å². The predicted molar refractivity (Wildman–Crippen MR) is 120 cm³/mol. The van der Waals surface area contributed by atoms with Gasteiger partial charge in [0.25, 0.3) is 0 Å². The maximum Gasteiger partial charge on any atom is 0.220 e. The second-order valence-corrected chi connectivity index (χ2v) is 8.35. The van der Waals surface area contributed by atoms with E-state index >= 15 is 0 Å². The van der Waals surface area contributed by atoms with E-state index in [1.807, 2.05) is 48.2 Å². The maximum absolute atomic E-state index is 12.1. The third-order valence-corrected chi connectivity index (χ3v) is 6.24. The number of fused-ring (bicyclic) bond motifs is 1. The van der Waals surface area contributed by atoms with Gasteiger partial charge in [-0.1, -0.05) is 23.7 Å². The third-order valence-electron chi connectivity index (χ3n) is 5.81. The van der Waals surface area contributed by atoms with E-state index in [0.717, 1.165) is 72.0 Å². The molecule has 5 nitrogen and oxygen atoms in total. The van der Waals surface area contributed by atoms with Crippen molar-refractivity contribution in [2.75, 3.05) is 13.2 Å². The van der Waals surface area contributed by atoms with E-state index in [9.17, 15) is 4.79 Å². The number of imidazole rings is 1. The van der Waals surface area contributed by atoms with Crippen molar-refractivity contribution in [3.05, 3.63) is 58.9 Å². The zero-order valence-electron chi connectivity index (χ0n) is 17.6. The first-order valence-electron chi connectivity index (χ1n) is 10.7. The Morgan fingerprint density at radius 1 is 1.23 bits per heavy atom. The molecule has 0 radical (unpaired) electrons. The summed E-state index contributed by atoms with van der Waals surface area (Å²) >= 11 is 6.08. The quantitative estimate of drug-likeness (QED) is 0.467. The molecule has 0 saturated carbocycles. The zero-order chi connectivity index (χ0) is 21.1. The molecule has 3 aromatic rings. The fourth-order valence-corrected chi connectivity index (χ4v) is 4.38. The summed E-state index contributed by atoms with van der Waals surface area (Å²) in [6, 6.07) is 14.1. The van der Waals surface area contributed by atoms with E-state index in [2.05, 4.69) is 10.6 Å². The van der Waals surface area contributed by atoms with Crippen LogP contribution < -0.4 is 4.74 Å². The van der Waals surface area contributed by atoms with Gasteiger partial charge in [-0.05, 0) is 68.5 Å². The van der Waals surface area contributed by atoms with E-state index in [0.29, 0.717) is 6.61 Å². The highest BCUT2D eigenvalue weighted by Gasteiger charge is 2.31. The van der Waals surface area contributed by atoms with Crippen LogP contribution in [0, 0.1) is 6.92 Å². The molecule has 1 amide bonds. The minimum absolute atomic E-state index is 0.0724. The molecule has 0 bridgehead atoms. The number of hydrogen-bond acceptors (Lipinski definition) is 3. The Morgan fingerprint density at radius 2 is 2.07 bits per heavy atom. The topological polar surface area (TPSA) is 47.4 Å². The van der Waals surface area contributed by atoms with Crippen molar-refractivity contribution in [2.45, 2.75) is 52.1 Å². The molecule has 1 atom stereocenters. The van der Waals surface area contributed by atoms with E-state index < -0.39 is 0 Å². The Balaban J connectivity index is 1.44. The fraction of sp³-hybridized carbons (Fsp3) is 0.417. The minimum Gasteiger partial charge on any atom is -0.494 e. The normalized spacial score (nSPS) is 16.4. The van der Waals surface area contributed by atoms with Crippen LogP contribution in [-0.4, -0.2) is 33.5 Å². The number of hydrogen-bond donors (Lipinski definition) is 0. The van der Waals surface area contributed by atoms with Gasteiger partial charge in [0.1, 0.15) is 11.6 Å². The van der Waals surface area contributed by atoms with Crippen molar-refractivity contribution < 1.29 is 9.53 Å². The smallest absolute Gasteiger partial charge is 0.220 e. The number of halogens is 1. The molecule has 1 unspecified atom stereocenters. The number of ether oxygens (including phenoxy) is 1. The number of aromatic nitrogens is 2. The van der Waals surface area contributed by atoms with E-state index in [4.69, 9.17) is 21.3 Å². The Labute approximate surface area is 182 Å². The molecule has 0 spiro atoms. The second-order valence-electron chi connectivity index (χ2n) is 7.95. The molecular formula is C24H28ClN3O2. The molecule has 1 saturated heterocycles. The van der Waals surface area contributed by atoms with Gasteiger partial charge in [0, 0.05) is 25.0 Å². The highest BCUT2D eigenvalue weighted by molar-refractivity contribution is 6.31. The molecule has 0 N–H and O–H groups in total. The van der Waals surface area contributed by atoms with E-state index in [-0.39, 0.29) is 11.9 Å². The molecule has 6 heteroatoms. The Kier molecular flexibility index (Phi) is 6.28. The minimum atomic E-state index is 0.0724. The number of rotatable bonds is 7. The summed E-state index contributed by atoms with van der Waals surface area (Å²) in [5.74, 6) is 2.00. The first-order valence-corrected chi connectivity index (χ1v) is 11.0. The van der Waals surface area contributed by atoms with Crippen LogP contribution in [0.4, 0.5) is 0 Å². The molecule has 0 aliphatic carbocycles. The Bertz CT molecular complexity index is 1050. The molecule has 30 heavy (non-hydrogen) atoms. The first kappa shape index (κ1) is 20.7. The number of carbonyl (C=O) groups excluding carboxylic acids is 1. The van der Waals surface area contributed by atoms with Crippen LogP contribution in [0.3, 0.4) is 0 Å². The Morgan fingerprint density at radius 3 is 2.87 bits per heavy atom. The highest BCUT2D eigenvalue weighted by Crippen LogP contribution is 2.33. The molecule has 4 rings (SSSR count). The van der Waals surface area contributed by atoms with Gasteiger partial charge in [-0.15, -0.1) is 0 Å². The van der Waals surface area contributed by atoms with Crippen molar-refractivity contribution in [1.29, 1.82) is 0 Å². The highest BCUT2D eigenvalue weighted by atomic mass is 35.5. The lowest BCUT2D eigenvalue weighted by Gasteiger charge is -2.24. The number of likely N-dealkylation sites (tertiary alicyclic amines) is 1. The number of nitrogens with zero attached hydrogens (tertiary/aromatic N) is 3. The predicted octanol–water partition coefficient (Wildman–Crippen LogP) is 5.54. The van der Waals surface area contributed by atoms with Gasteiger partial charge in [0.05, 0.1) is 23.7 Å². The number of unbranched alkanes of at least 4 members (excludes halogenated alkanes) is 1. The summed E-state index contributed by atoms with van der Waals surface area (Å²) in [6.07, 6.45) is 3.92. The summed E-state index contributed by atoms with van der Waals surface area (Å²) in [6.45, 7) is 5.97. The van der Waals surface area contributed by atoms with Crippen LogP contribution in [0.25, 0.3) is 11.0 Å². The van der Waals surface area contributed by atoms with Crippen molar-refractivity contribution in [3.63, 3.8) is 0 Å². The number of aryl methyl sites for hydroxylation is 2. The Hall–Kier alpha value is -2.53. The molecule has 1 aliphatic heterocycles. The van der Waals surface area contributed by atoms with Gasteiger partial charge in [-0.25, -0.2) is 4.98 Å². The standard InChI is InChI=1S/C24H28ClN3O2/c1-17-16-19(11-12-20(17)25)30-15-6-5-13-28-22-9-4-3-8-21(22)26-24(28)23-10-7-14-27(23)18(2)29/h3-4,8-9,11-12,16,23H,5-7,10,13-15H2,1-2H3. The van der Waals surface area contributed by atoms with Crippen LogP contribution in [0.5, 0.6) is 5.75 Å². The van der Waals surface area contributed by atoms with Crippen molar-refractivity contribution in [1.82, 2.24) is 14.5 Å². The number of carbonyl (C=O) groups is 1. The second kappa shape index (κ2) is 9.09. The lowest BCUT2D eigenvalue weighted by atomic mass is 10.2. The molecule has 2 aromatic carbocycles. The largest absolute Gasteiger partial charge is 0.494 e. The summed E-state index contributed by atoms with van der Waals surface area (Å²) in [4.78, 5) is 19.0. The summed E-state index contributed by atoms with van der Waals surface area (Å²) < 4.78 is 8.19. The average molecular weight is 426 g/mol. The van der Waals surface area contributed by atoms with Gasteiger partial charge in [-0.3, -0.25) is 4.79 Å². The summed E-state index contributed by atoms with van der Waals surface area (Å²) in [7, 11) is 0. The van der Waals surface area contributed by atoms with Gasteiger partial charge in [0.15, 0.2) is 0 Å². The monoisotopic (exact) mass is 425 g/mol. The molecule has 158 valence electrons. The molecule has 1 aliphatic rings. The van der Waals surface area contributed by atoms with Gasteiger partial charge < -0.3 is 14.2 Å². The van der Waals surface area contributed by atoms with Crippen molar-refractivity contribution >= 4 is 28.5 Å². The number of para-hydroxylation sites is 2. The average Bonchev–Trinajstić information content (AvgIpc) is 3.35. The van der Waals surface area contributed by atoms with Crippen molar-refractivity contribution in [3.8, 4) is 5.75 Å². The molecule has 1 fully saturated rings. The summed E-state index contributed by atoms with van der Waals surface area (Å²) in [5.41, 5.74) is 3.16. The fourth-order valence-electron chi connectivity index (χ4n) is 4.26. The lowest BCUT2D eigenvalue weighted by molar-refractivity contribution is -0.129. The van der Waals surface area contributed by atoms with Crippen LogP contribution in [0.2, 0.25) is 5.02 Å². The number of amides is 1. The van der Waals surface area contributed by atoms with Crippen LogP contribution in [0.15, 0.2) is 42.5 Å². The third kappa shape index (κ3) is 4.31. The molecule has 1 aromatic heterocycles.